The standard InChI is InChI=1S/C22H23N7O2/c1-29(2)20-17-9-8-16(13-15(17)10-11-23-20)24-21(30)25-18(19-26-22(31)28-27-19)12-14-6-4-3-5-7-14/h3-11,13,18H,12H2,1-2H3,(H2,24,25,30)(H2,26,27,28,31). The molecule has 2 aromatic carbocycles. The van der Waals surface area contributed by atoms with E-state index >= 15 is 0 Å². The third kappa shape index (κ3) is 4.72. The molecule has 0 aliphatic heterocycles. The molecule has 31 heavy (non-hydrogen) atoms. The van der Waals surface area contributed by atoms with Gasteiger partial charge in [-0.25, -0.2) is 19.7 Å². The number of aromatic nitrogens is 4. The van der Waals surface area contributed by atoms with Crippen LogP contribution in [0.15, 0.2) is 65.6 Å². The van der Waals surface area contributed by atoms with Crippen molar-refractivity contribution in [3.05, 3.63) is 82.7 Å². The fourth-order valence-electron chi connectivity index (χ4n) is 3.44. The van der Waals surface area contributed by atoms with E-state index in [4.69, 9.17) is 0 Å². The number of hydrogen-bond acceptors (Lipinski definition) is 5. The summed E-state index contributed by atoms with van der Waals surface area (Å²) in [5, 5.41) is 14.1. The number of pyridine rings is 1. The van der Waals surface area contributed by atoms with Crippen molar-refractivity contribution in [1.29, 1.82) is 0 Å². The number of anilines is 2. The second-order valence-corrected chi connectivity index (χ2v) is 7.37. The lowest BCUT2D eigenvalue weighted by atomic mass is 10.1. The number of carbonyl (C=O) groups excluding carboxylic acids is 1. The number of H-pyrrole nitrogens is 2. The molecule has 4 rings (SSSR count). The van der Waals surface area contributed by atoms with Crippen LogP contribution in [0, 0.1) is 0 Å². The highest BCUT2D eigenvalue weighted by Gasteiger charge is 2.19. The van der Waals surface area contributed by atoms with E-state index in [1.54, 1.807) is 6.20 Å². The maximum Gasteiger partial charge on any atom is 0.340 e. The molecule has 4 N–H and O–H groups in total. The number of carbonyl (C=O) groups is 1. The van der Waals surface area contributed by atoms with Crippen molar-refractivity contribution in [3.8, 4) is 0 Å². The Hall–Kier alpha value is -4.14. The van der Waals surface area contributed by atoms with Crippen molar-refractivity contribution in [2.24, 2.45) is 0 Å². The number of benzene rings is 2. The average Bonchev–Trinajstić information content (AvgIpc) is 3.19. The molecule has 0 fully saturated rings. The maximum absolute atomic E-state index is 12.7. The second-order valence-electron chi connectivity index (χ2n) is 7.37. The molecule has 2 aromatic heterocycles. The zero-order valence-corrected chi connectivity index (χ0v) is 17.2. The lowest BCUT2D eigenvalue weighted by Crippen LogP contribution is -2.34. The zero-order valence-electron chi connectivity index (χ0n) is 17.2. The van der Waals surface area contributed by atoms with Gasteiger partial charge in [0.1, 0.15) is 5.82 Å². The smallest absolute Gasteiger partial charge is 0.340 e. The lowest BCUT2D eigenvalue weighted by molar-refractivity contribution is 0.248. The van der Waals surface area contributed by atoms with E-state index in [9.17, 15) is 9.59 Å². The van der Waals surface area contributed by atoms with Crippen molar-refractivity contribution in [3.63, 3.8) is 0 Å². The Labute approximate surface area is 178 Å². The summed E-state index contributed by atoms with van der Waals surface area (Å²) in [7, 11) is 3.88. The maximum atomic E-state index is 12.7. The van der Waals surface area contributed by atoms with Crippen LogP contribution < -0.4 is 21.2 Å². The topological polar surface area (TPSA) is 119 Å². The van der Waals surface area contributed by atoms with E-state index in [2.05, 4.69) is 30.8 Å². The molecule has 158 valence electrons. The minimum Gasteiger partial charge on any atom is -0.362 e. The number of rotatable bonds is 6. The van der Waals surface area contributed by atoms with Crippen LogP contribution in [0.4, 0.5) is 16.3 Å². The summed E-state index contributed by atoms with van der Waals surface area (Å²) in [6.07, 6.45) is 2.22. The number of nitrogens with one attached hydrogen (secondary N) is 4. The van der Waals surface area contributed by atoms with Gasteiger partial charge in [-0.15, -0.1) is 0 Å². The Morgan fingerprint density at radius 3 is 2.65 bits per heavy atom. The van der Waals surface area contributed by atoms with Gasteiger partial charge in [-0.05, 0) is 35.2 Å². The molecule has 0 aliphatic rings. The molecule has 4 aromatic rings. The Kier molecular flexibility index (Phi) is 5.65. The molecule has 1 unspecified atom stereocenters. The molecular formula is C22H23N7O2. The molecule has 2 heterocycles. The summed E-state index contributed by atoms with van der Waals surface area (Å²) >= 11 is 0. The highest BCUT2D eigenvalue weighted by atomic mass is 16.2. The molecule has 0 aliphatic carbocycles. The highest BCUT2D eigenvalue weighted by Crippen LogP contribution is 2.26. The minimum absolute atomic E-state index is 0.365. The molecule has 0 saturated heterocycles. The molecule has 0 radical (unpaired) electrons. The van der Waals surface area contributed by atoms with E-state index < -0.39 is 17.8 Å². The van der Waals surface area contributed by atoms with E-state index in [1.165, 1.54) is 0 Å². The van der Waals surface area contributed by atoms with E-state index in [1.807, 2.05) is 73.6 Å². The predicted octanol–water partition coefficient (Wildman–Crippen LogP) is 2.82. The number of hydrogen-bond donors (Lipinski definition) is 4. The molecule has 9 heteroatoms. The van der Waals surface area contributed by atoms with Gasteiger partial charge >= 0.3 is 11.7 Å². The predicted molar refractivity (Wildman–Crippen MR) is 120 cm³/mol. The Bertz CT molecular complexity index is 1250. The molecule has 0 bridgehead atoms. The van der Waals surface area contributed by atoms with Gasteiger partial charge in [-0.1, -0.05) is 30.3 Å². The first-order chi connectivity index (χ1) is 15.0. The Balaban J connectivity index is 1.53. The van der Waals surface area contributed by atoms with Gasteiger partial charge in [-0.3, -0.25) is 4.98 Å². The van der Waals surface area contributed by atoms with Crippen LogP contribution in [0.25, 0.3) is 10.8 Å². The molecule has 1 atom stereocenters. The first kappa shape index (κ1) is 20.1. The molecule has 0 spiro atoms. The number of urea groups is 1. The van der Waals surface area contributed by atoms with Crippen LogP contribution in [0.3, 0.4) is 0 Å². The van der Waals surface area contributed by atoms with E-state index in [-0.39, 0.29) is 0 Å². The van der Waals surface area contributed by atoms with Gasteiger partial charge < -0.3 is 15.5 Å². The molecular weight excluding hydrogens is 394 g/mol. The molecule has 9 nitrogen and oxygen atoms in total. The fraction of sp³-hybridized carbons (Fsp3) is 0.182. The highest BCUT2D eigenvalue weighted by molar-refractivity contribution is 5.97. The second kappa shape index (κ2) is 8.70. The SMILES string of the molecule is CN(C)c1nccc2cc(NC(=O)NC(Cc3ccccc3)c3n[nH]c(=O)[nH]3)ccc12. The number of fused-ring (bicyclic) bond motifs is 1. The van der Waals surface area contributed by atoms with Gasteiger partial charge in [-0.2, -0.15) is 5.10 Å². The number of amides is 2. The van der Waals surface area contributed by atoms with Crippen LogP contribution in [0.2, 0.25) is 0 Å². The van der Waals surface area contributed by atoms with E-state index in [0.29, 0.717) is 17.9 Å². The quantitative estimate of drug-likeness (QED) is 0.385. The Morgan fingerprint density at radius 2 is 1.94 bits per heavy atom. The summed E-state index contributed by atoms with van der Waals surface area (Å²) in [5.74, 6) is 1.23. The molecule has 2 amide bonds. The summed E-state index contributed by atoms with van der Waals surface area (Å²) in [6, 6.07) is 16.3. The minimum atomic E-state index is -0.508. The van der Waals surface area contributed by atoms with Crippen molar-refractivity contribution in [1.82, 2.24) is 25.5 Å². The van der Waals surface area contributed by atoms with Gasteiger partial charge in [0, 0.05) is 37.8 Å². The van der Waals surface area contributed by atoms with Crippen molar-refractivity contribution < 1.29 is 4.79 Å². The zero-order chi connectivity index (χ0) is 21.8. The first-order valence-corrected chi connectivity index (χ1v) is 9.82. The summed E-state index contributed by atoms with van der Waals surface area (Å²) in [6.45, 7) is 0. The Morgan fingerprint density at radius 1 is 1.13 bits per heavy atom. The van der Waals surface area contributed by atoms with Crippen LogP contribution in [0.1, 0.15) is 17.4 Å². The van der Waals surface area contributed by atoms with E-state index in [0.717, 1.165) is 22.2 Å². The van der Waals surface area contributed by atoms with Crippen molar-refractivity contribution >= 4 is 28.3 Å². The normalized spacial score (nSPS) is 11.8. The lowest BCUT2D eigenvalue weighted by Gasteiger charge is -2.18. The van der Waals surface area contributed by atoms with Gasteiger partial charge in [0.2, 0.25) is 0 Å². The number of aromatic amines is 2. The summed E-state index contributed by atoms with van der Waals surface area (Å²) in [5.41, 5.74) is 1.23. The summed E-state index contributed by atoms with van der Waals surface area (Å²) in [4.78, 5) is 33.2. The van der Waals surface area contributed by atoms with Crippen LogP contribution in [-0.4, -0.2) is 40.3 Å². The van der Waals surface area contributed by atoms with Crippen LogP contribution in [-0.2, 0) is 6.42 Å². The van der Waals surface area contributed by atoms with Crippen molar-refractivity contribution in [2.75, 3.05) is 24.3 Å². The third-order valence-electron chi connectivity index (χ3n) is 4.86. The molecule has 0 saturated carbocycles. The largest absolute Gasteiger partial charge is 0.362 e. The average molecular weight is 417 g/mol. The summed E-state index contributed by atoms with van der Waals surface area (Å²) < 4.78 is 0. The van der Waals surface area contributed by atoms with Crippen LogP contribution >= 0.6 is 0 Å². The van der Waals surface area contributed by atoms with Gasteiger partial charge in [0.15, 0.2) is 5.82 Å². The van der Waals surface area contributed by atoms with Gasteiger partial charge in [0.25, 0.3) is 0 Å². The van der Waals surface area contributed by atoms with Crippen molar-refractivity contribution in [2.45, 2.75) is 12.5 Å². The number of nitrogens with zero attached hydrogens (tertiary/aromatic N) is 3. The fourth-order valence-corrected chi connectivity index (χ4v) is 3.44. The van der Waals surface area contributed by atoms with Gasteiger partial charge in [0.05, 0.1) is 6.04 Å². The van der Waals surface area contributed by atoms with Crippen LogP contribution in [0.5, 0.6) is 0 Å². The first-order valence-electron chi connectivity index (χ1n) is 9.82. The monoisotopic (exact) mass is 417 g/mol. The third-order valence-corrected chi connectivity index (χ3v) is 4.86.